The molecule has 1 aromatic heterocycles. The summed E-state index contributed by atoms with van der Waals surface area (Å²) >= 11 is 5.91. The topological polar surface area (TPSA) is 101 Å². The molecule has 0 saturated carbocycles. The molecule has 0 radical (unpaired) electrons. The zero-order valence-electron chi connectivity index (χ0n) is 14.2. The first-order valence-corrected chi connectivity index (χ1v) is 7.97. The number of anilines is 1. The smallest absolute Gasteiger partial charge is 0.287 e. The van der Waals surface area contributed by atoms with Crippen LogP contribution in [0.25, 0.3) is 0 Å². The number of nitrogens with one attached hydrogen (secondary N) is 2. The van der Waals surface area contributed by atoms with E-state index in [1.54, 1.807) is 24.3 Å². The first-order valence-electron chi connectivity index (χ1n) is 7.59. The molecular formula is C17H18ClN3O5. The Morgan fingerprint density at radius 3 is 2.69 bits per heavy atom. The third-order valence-electron chi connectivity index (χ3n) is 3.39. The normalized spacial score (nSPS) is 10.1. The van der Waals surface area contributed by atoms with E-state index in [0.29, 0.717) is 16.5 Å². The van der Waals surface area contributed by atoms with Gasteiger partial charge in [0.2, 0.25) is 11.8 Å². The molecule has 1 aromatic carbocycles. The molecule has 0 aliphatic rings. The Morgan fingerprint density at radius 1 is 1.27 bits per heavy atom. The van der Waals surface area contributed by atoms with Gasteiger partial charge in [-0.2, -0.15) is 0 Å². The third-order valence-corrected chi connectivity index (χ3v) is 3.62. The largest absolute Gasteiger partial charge is 0.495 e. The van der Waals surface area contributed by atoms with Gasteiger partial charge in [-0.25, -0.2) is 0 Å². The lowest BCUT2D eigenvalue weighted by atomic mass is 10.3. The number of halogens is 1. The van der Waals surface area contributed by atoms with Gasteiger partial charge in [-0.3, -0.25) is 14.4 Å². The van der Waals surface area contributed by atoms with Crippen molar-refractivity contribution in [1.29, 1.82) is 0 Å². The molecule has 0 atom stereocenters. The summed E-state index contributed by atoms with van der Waals surface area (Å²) in [5.74, 6) is -0.824. The SMILES string of the molecule is COc1ccc(Cl)cc1NC(=O)CN(C)C(=O)CNC(=O)c1ccco1. The number of rotatable bonds is 7. The number of furan rings is 1. The molecule has 9 heteroatoms. The van der Waals surface area contributed by atoms with Crippen LogP contribution in [0.1, 0.15) is 10.6 Å². The van der Waals surface area contributed by atoms with Gasteiger partial charge in [0.15, 0.2) is 5.76 Å². The summed E-state index contributed by atoms with van der Waals surface area (Å²) in [5, 5.41) is 5.49. The molecule has 0 bridgehead atoms. The summed E-state index contributed by atoms with van der Waals surface area (Å²) in [4.78, 5) is 37.1. The van der Waals surface area contributed by atoms with Crippen molar-refractivity contribution in [2.45, 2.75) is 0 Å². The van der Waals surface area contributed by atoms with Crippen LogP contribution in [0, 0.1) is 0 Å². The Kier molecular flexibility index (Phi) is 6.62. The Morgan fingerprint density at radius 2 is 2.04 bits per heavy atom. The highest BCUT2D eigenvalue weighted by Crippen LogP contribution is 2.27. The van der Waals surface area contributed by atoms with E-state index >= 15 is 0 Å². The van der Waals surface area contributed by atoms with E-state index in [4.69, 9.17) is 20.8 Å². The van der Waals surface area contributed by atoms with Crippen molar-refractivity contribution in [1.82, 2.24) is 10.2 Å². The van der Waals surface area contributed by atoms with Crippen LogP contribution < -0.4 is 15.4 Å². The van der Waals surface area contributed by atoms with Crippen LogP contribution in [0.2, 0.25) is 5.02 Å². The minimum Gasteiger partial charge on any atom is -0.495 e. The second kappa shape index (κ2) is 8.91. The van der Waals surface area contributed by atoms with Crippen molar-refractivity contribution in [2.24, 2.45) is 0 Å². The summed E-state index contributed by atoms with van der Waals surface area (Å²) in [6, 6.07) is 7.85. The molecule has 2 aromatic rings. The lowest BCUT2D eigenvalue weighted by Gasteiger charge is -2.17. The zero-order valence-corrected chi connectivity index (χ0v) is 15.0. The molecule has 0 saturated heterocycles. The molecule has 3 amide bonds. The van der Waals surface area contributed by atoms with Crippen LogP contribution in [0.3, 0.4) is 0 Å². The van der Waals surface area contributed by atoms with E-state index < -0.39 is 17.7 Å². The Labute approximate surface area is 155 Å². The van der Waals surface area contributed by atoms with Crippen LogP contribution in [-0.4, -0.2) is 49.9 Å². The second-order valence-corrected chi connectivity index (χ2v) is 5.74. The molecule has 0 aliphatic carbocycles. The predicted octanol–water partition coefficient (Wildman–Crippen LogP) is 1.77. The molecule has 0 spiro atoms. The van der Waals surface area contributed by atoms with Crippen LogP contribution in [0.5, 0.6) is 5.75 Å². The number of nitrogens with zero attached hydrogens (tertiary/aromatic N) is 1. The molecule has 2 rings (SSSR count). The number of hydrogen-bond donors (Lipinski definition) is 2. The molecule has 0 unspecified atom stereocenters. The van der Waals surface area contributed by atoms with E-state index in [0.717, 1.165) is 0 Å². The molecule has 1 heterocycles. The third kappa shape index (κ3) is 5.25. The summed E-state index contributed by atoms with van der Waals surface area (Å²) in [6.45, 7) is -0.463. The van der Waals surface area contributed by atoms with Crippen LogP contribution in [-0.2, 0) is 9.59 Å². The van der Waals surface area contributed by atoms with Crippen LogP contribution in [0.4, 0.5) is 5.69 Å². The van der Waals surface area contributed by atoms with Crippen molar-refractivity contribution >= 4 is 35.0 Å². The fourth-order valence-corrected chi connectivity index (χ4v) is 2.23. The summed E-state index contributed by atoms with van der Waals surface area (Å²) in [7, 11) is 2.92. The maximum Gasteiger partial charge on any atom is 0.287 e. The van der Waals surface area contributed by atoms with Crippen molar-refractivity contribution in [3.05, 3.63) is 47.4 Å². The first-order chi connectivity index (χ1) is 12.4. The van der Waals surface area contributed by atoms with Crippen molar-refractivity contribution < 1.29 is 23.5 Å². The molecule has 0 fully saturated rings. The van der Waals surface area contributed by atoms with Crippen molar-refractivity contribution in [3.63, 3.8) is 0 Å². The number of carbonyl (C=O) groups excluding carboxylic acids is 3. The lowest BCUT2D eigenvalue weighted by molar-refractivity contribution is -0.132. The Bertz CT molecular complexity index is 792. The summed E-state index contributed by atoms with van der Waals surface area (Å²) in [6.07, 6.45) is 1.36. The van der Waals surface area contributed by atoms with Gasteiger partial charge < -0.3 is 24.7 Å². The number of methoxy groups -OCH3 is 1. The van der Waals surface area contributed by atoms with E-state index in [1.165, 1.54) is 31.4 Å². The standard InChI is InChI=1S/C17H18ClN3O5/c1-21(16(23)9-19-17(24)14-4-3-7-26-14)10-15(22)20-12-8-11(18)5-6-13(12)25-2/h3-8H,9-10H2,1-2H3,(H,19,24)(H,20,22). The number of likely N-dealkylation sites (N-methyl/N-ethyl adjacent to an activating group) is 1. The molecule has 138 valence electrons. The van der Waals surface area contributed by atoms with Crippen molar-refractivity contribution in [2.75, 3.05) is 32.6 Å². The van der Waals surface area contributed by atoms with Crippen molar-refractivity contribution in [3.8, 4) is 5.75 Å². The van der Waals surface area contributed by atoms with Gasteiger partial charge >= 0.3 is 0 Å². The molecule has 0 aliphatic heterocycles. The fourth-order valence-electron chi connectivity index (χ4n) is 2.06. The quantitative estimate of drug-likeness (QED) is 0.763. The fraction of sp³-hybridized carbons (Fsp3) is 0.235. The summed E-state index contributed by atoms with van der Waals surface area (Å²) < 4.78 is 10.1. The van der Waals surface area contributed by atoms with E-state index in [-0.39, 0.29) is 18.8 Å². The molecule has 8 nitrogen and oxygen atoms in total. The minimum atomic E-state index is -0.509. The van der Waals surface area contributed by atoms with Crippen LogP contribution in [0.15, 0.2) is 41.0 Å². The van der Waals surface area contributed by atoms with Gasteiger partial charge in [-0.1, -0.05) is 11.6 Å². The minimum absolute atomic E-state index is 0.103. The van der Waals surface area contributed by atoms with E-state index in [1.807, 2.05) is 0 Å². The molecule has 2 N–H and O–H groups in total. The summed E-state index contributed by atoms with van der Waals surface area (Å²) in [5.41, 5.74) is 0.400. The highest BCUT2D eigenvalue weighted by atomic mass is 35.5. The average molecular weight is 380 g/mol. The highest BCUT2D eigenvalue weighted by Gasteiger charge is 2.16. The van der Waals surface area contributed by atoms with Gasteiger partial charge in [0, 0.05) is 12.1 Å². The maximum atomic E-state index is 12.1. The molecular weight excluding hydrogens is 362 g/mol. The van der Waals surface area contributed by atoms with E-state index in [2.05, 4.69) is 10.6 Å². The Balaban J connectivity index is 1.85. The predicted molar refractivity (Wildman–Crippen MR) is 95.3 cm³/mol. The highest BCUT2D eigenvalue weighted by molar-refractivity contribution is 6.31. The monoisotopic (exact) mass is 379 g/mol. The first kappa shape index (κ1) is 19.3. The Hall–Kier alpha value is -3.00. The lowest BCUT2D eigenvalue weighted by Crippen LogP contribution is -2.41. The van der Waals surface area contributed by atoms with Gasteiger partial charge in [-0.05, 0) is 30.3 Å². The van der Waals surface area contributed by atoms with Crippen LogP contribution >= 0.6 is 11.6 Å². The van der Waals surface area contributed by atoms with Gasteiger partial charge in [0.05, 0.1) is 32.1 Å². The van der Waals surface area contributed by atoms with Gasteiger partial charge in [0.25, 0.3) is 5.91 Å². The zero-order chi connectivity index (χ0) is 19.1. The number of benzene rings is 1. The number of hydrogen-bond acceptors (Lipinski definition) is 5. The van der Waals surface area contributed by atoms with E-state index in [9.17, 15) is 14.4 Å². The average Bonchev–Trinajstić information content (AvgIpc) is 3.14. The maximum absolute atomic E-state index is 12.1. The number of ether oxygens (including phenoxy) is 1. The molecule has 26 heavy (non-hydrogen) atoms. The number of carbonyl (C=O) groups is 3. The van der Waals surface area contributed by atoms with Gasteiger partial charge in [0.1, 0.15) is 5.75 Å². The number of amides is 3. The second-order valence-electron chi connectivity index (χ2n) is 5.30. The van der Waals surface area contributed by atoms with Gasteiger partial charge in [-0.15, -0.1) is 0 Å².